The third-order valence-electron chi connectivity index (χ3n) is 3.69. The van der Waals surface area contributed by atoms with Gasteiger partial charge in [-0.1, -0.05) is 42.5 Å². The fourth-order valence-electron chi connectivity index (χ4n) is 2.36. The van der Waals surface area contributed by atoms with E-state index in [2.05, 4.69) is 5.32 Å². The Labute approximate surface area is 149 Å². The van der Waals surface area contributed by atoms with Crippen LogP contribution in [0.5, 0.6) is 0 Å². The van der Waals surface area contributed by atoms with Crippen LogP contribution in [0.15, 0.2) is 54.6 Å². The van der Waals surface area contributed by atoms with Gasteiger partial charge in [0.1, 0.15) is 6.04 Å². The highest BCUT2D eigenvalue weighted by atomic mass is 16.4. The van der Waals surface area contributed by atoms with Crippen LogP contribution in [-0.4, -0.2) is 39.8 Å². The first-order chi connectivity index (χ1) is 12.4. The summed E-state index contributed by atoms with van der Waals surface area (Å²) < 4.78 is 0. The molecule has 0 saturated carbocycles. The van der Waals surface area contributed by atoms with Crippen molar-refractivity contribution in [1.82, 2.24) is 0 Å². The van der Waals surface area contributed by atoms with E-state index < -0.39 is 29.5 Å². The Balaban J connectivity index is 2.26. The number of ketones is 2. The van der Waals surface area contributed by atoms with Crippen LogP contribution in [0.2, 0.25) is 0 Å². The first-order valence-electron chi connectivity index (χ1n) is 7.84. The summed E-state index contributed by atoms with van der Waals surface area (Å²) in [5.41, 5.74) is 0.426. The summed E-state index contributed by atoms with van der Waals surface area (Å²) in [6.45, 7) is 0. The molecule has 2 rings (SSSR count). The lowest BCUT2D eigenvalue weighted by Crippen LogP contribution is -2.31. The highest BCUT2D eigenvalue weighted by Crippen LogP contribution is 2.20. The summed E-state index contributed by atoms with van der Waals surface area (Å²) >= 11 is 0. The maximum Gasteiger partial charge on any atom is 0.326 e. The molecule has 26 heavy (non-hydrogen) atoms. The largest absolute Gasteiger partial charge is 0.481 e. The number of aliphatic carboxylic acids is 2. The summed E-state index contributed by atoms with van der Waals surface area (Å²) in [4.78, 5) is 46.9. The Hall–Kier alpha value is -3.48. The molecule has 0 unspecified atom stereocenters. The fraction of sp³-hybridized carbons (Fsp3) is 0.158. The molecule has 0 spiro atoms. The number of carboxylic acid groups (broad SMARTS) is 2. The number of carboxylic acids is 2. The summed E-state index contributed by atoms with van der Waals surface area (Å²) in [7, 11) is 0. The van der Waals surface area contributed by atoms with E-state index in [1.165, 1.54) is 24.3 Å². The molecular formula is C19H17NO6. The Morgan fingerprint density at radius 3 is 2.08 bits per heavy atom. The molecular weight excluding hydrogens is 338 g/mol. The van der Waals surface area contributed by atoms with Crippen LogP contribution >= 0.6 is 0 Å². The zero-order valence-electron chi connectivity index (χ0n) is 13.7. The number of anilines is 1. The molecule has 2 aromatic rings. The lowest BCUT2D eigenvalue weighted by molar-refractivity contribution is -0.139. The van der Waals surface area contributed by atoms with E-state index >= 15 is 0 Å². The quantitative estimate of drug-likeness (QED) is 0.467. The molecule has 0 aliphatic carbocycles. The van der Waals surface area contributed by atoms with Gasteiger partial charge in [-0.15, -0.1) is 0 Å². The molecule has 0 amide bonds. The van der Waals surface area contributed by atoms with Crippen molar-refractivity contribution in [3.8, 4) is 0 Å². The molecule has 0 aliphatic heterocycles. The monoisotopic (exact) mass is 355 g/mol. The maximum absolute atomic E-state index is 12.6. The standard InChI is InChI=1S/C19H17NO6/c21-16(22)11-10-15(19(25)26)20-14-9-5-4-8-13(14)18(24)17(23)12-6-2-1-3-7-12/h1-9,15,20H,10-11H2,(H,21,22)(H,25,26)/t15-/m0/s1. The molecule has 3 N–H and O–H groups in total. The minimum atomic E-state index is -1.25. The van der Waals surface area contributed by atoms with Gasteiger partial charge in [-0.05, 0) is 18.6 Å². The molecule has 0 bridgehead atoms. The first-order valence-corrected chi connectivity index (χ1v) is 7.84. The Bertz CT molecular complexity index is 831. The third-order valence-corrected chi connectivity index (χ3v) is 3.69. The average Bonchev–Trinajstić information content (AvgIpc) is 2.64. The topological polar surface area (TPSA) is 121 Å². The molecule has 0 heterocycles. The molecule has 0 fully saturated rings. The first kappa shape index (κ1) is 18.9. The summed E-state index contributed by atoms with van der Waals surface area (Å²) in [6, 6.07) is 12.9. The van der Waals surface area contributed by atoms with Gasteiger partial charge in [0.15, 0.2) is 0 Å². The van der Waals surface area contributed by atoms with Crippen molar-refractivity contribution in [1.29, 1.82) is 0 Å². The van der Waals surface area contributed by atoms with Crippen molar-refractivity contribution >= 4 is 29.2 Å². The van der Waals surface area contributed by atoms with Crippen molar-refractivity contribution in [2.75, 3.05) is 5.32 Å². The number of carbonyl (C=O) groups excluding carboxylic acids is 2. The molecule has 7 heteroatoms. The van der Waals surface area contributed by atoms with Gasteiger partial charge >= 0.3 is 11.9 Å². The number of carbonyl (C=O) groups is 4. The zero-order chi connectivity index (χ0) is 19.1. The predicted molar refractivity (Wildman–Crippen MR) is 93.5 cm³/mol. The zero-order valence-corrected chi connectivity index (χ0v) is 13.7. The summed E-state index contributed by atoms with van der Waals surface area (Å²) in [5.74, 6) is -3.86. The van der Waals surface area contributed by atoms with Gasteiger partial charge in [-0.2, -0.15) is 0 Å². The van der Waals surface area contributed by atoms with E-state index in [1.54, 1.807) is 30.3 Å². The molecule has 0 aromatic heterocycles. The number of hydrogen-bond acceptors (Lipinski definition) is 5. The lowest BCUT2D eigenvalue weighted by atomic mass is 9.99. The second-order valence-electron chi connectivity index (χ2n) is 5.54. The second kappa shape index (κ2) is 8.57. The van der Waals surface area contributed by atoms with Crippen LogP contribution in [0.3, 0.4) is 0 Å². The van der Waals surface area contributed by atoms with Crippen LogP contribution in [0.1, 0.15) is 33.6 Å². The highest BCUT2D eigenvalue weighted by Gasteiger charge is 2.24. The average molecular weight is 355 g/mol. The van der Waals surface area contributed by atoms with E-state index in [0.29, 0.717) is 0 Å². The van der Waals surface area contributed by atoms with Gasteiger partial charge in [-0.25, -0.2) is 4.79 Å². The maximum atomic E-state index is 12.6. The van der Waals surface area contributed by atoms with Gasteiger partial charge < -0.3 is 15.5 Å². The SMILES string of the molecule is O=C(O)CC[C@H](Nc1ccccc1C(=O)C(=O)c1ccccc1)C(=O)O. The van der Waals surface area contributed by atoms with E-state index in [9.17, 15) is 24.3 Å². The van der Waals surface area contributed by atoms with E-state index in [-0.39, 0.29) is 29.7 Å². The molecule has 7 nitrogen and oxygen atoms in total. The molecule has 0 aliphatic rings. The summed E-state index contributed by atoms with van der Waals surface area (Å²) in [6.07, 6.45) is -0.511. The number of nitrogens with one attached hydrogen (secondary N) is 1. The number of benzene rings is 2. The van der Waals surface area contributed by atoms with Crippen LogP contribution < -0.4 is 5.32 Å². The van der Waals surface area contributed by atoms with Crippen molar-refractivity contribution in [3.05, 3.63) is 65.7 Å². The third kappa shape index (κ3) is 4.76. The van der Waals surface area contributed by atoms with Crippen molar-refractivity contribution in [2.24, 2.45) is 0 Å². The minimum absolute atomic E-state index is 0.0305. The fourth-order valence-corrected chi connectivity index (χ4v) is 2.36. The van der Waals surface area contributed by atoms with Gasteiger partial charge in [0.05, 0.1) is 0 Å². The Morgan fingerprint density at radius 1 is 0.846 bits per heavy atom. The van der Waals surface area contributed by atoms with Crippen molar-refractivity contribution < 1.29 is 29.4 Å². The predicted octanol–water partition coefficient (Wildman–Crippen LogP) is 2.48. The Kier molecular flexibility index (Phi) is 6.21. The molecule has 134 valence electrons. The Morgan fingerprint density at radius 2 is 1.46 bits per heavy atom. The van der Waals surface area contributed by atoms with Crippen LogP contribution in [-0.2, 0) is 9.59 Å². The van der Waals surface area contributed by atoms with Crippen LogP contribution in [0.4, 0.5) is 5.69 Å². The molecule has 2 aromatic carbocycles. The number of rotatable bonds is 9. The van der Waals surface area contributed by atoms with E-state index in [0.717, 1.165) is 0 Å². The number of hydrogen-bond donors (Lipinski definition) is 3. The van der Waals surface area contributed by atoms with Gasteiger partial charge in [0.2, 0.25) is 11.6 Å². The molecule has 0 saturated heterocycles. The van der Waals surface area contributed by atoms with E-state index in [1.807, 2.05) is 0 Å². The van der Waals surface area contributed by atoms with Crippen molar-refractivity contribution in [2.45, 2.75) is 18.9 Å². The van der Waals surface area contributed by atoms with E-state index in [4.69, 9.17) is 5.11 Å². The number of Topliss-reactive ketones (excluding diaryl/α,β-unsaturated/α-hetero) is 2. The van der Waals surface area contributed by atoms with Crippen molar-refractivity contribution in [3.63, 3.8) is 0 Å². The second-order valence-corrected chi connectivity index (χ2v) is 5.54. The number of para-hydroxylation sites is 1. The van der Waals surface area contributed by atoms with Gasteiger partial charge in [0.25, 0.3) is 0 Å². The smallest absolute Gasteiger partial charge is 0.326 e. The van der Waals surface area contributed by atoms with Gasteiger partial charge in [0, 0.05) is 23.2 Å². The van der Waals surface area contributed by atoms with Crippen LogP contribution in [0, 0.1) is 0 Å². The highest BCUT2D eigenvalue weighted by molar-refractivity contribution is 6.50. The summed E-state index contributed by atoms with van der Waals surface area (Å²) in [5, 5.41) is 20.6. The normalized spacial score (nSPS) is 11.4. The lowest BCUT2D eigenvalue weighted by Gasteiger charge is -2.17. The molecule has 0 radical (unpaired) electrons. The van der Waals surface area contributed by atoms with Gasteiger partial charge in [-0.3, -0.25) is 14.4 Å². The van der Waals surface area contributed by atoms with Crippen LogP contribution in [0.25, 0.3) is 0 Å². The molecule has 1 atom stereocenters. The minimum Gasteiger partial charge on any atom is -0.481 e.